The Hall–Kier alpha value is -2.16. The van der Waals surface area contributed by atoms with Crippen LogP contribution in [0.3, 0.4) is 0 Å². The van der Waals surface area contributed by atoms with Crippen LogP contribution in [0.4, 0.5) is 0 Å². The van der Waals surface area contributed by atoms with Crippen LogP contribution in [0.5, 0.6) is 34.5 Å². The molecule has 2 N–H and O–H groups in total. The van der Waals surface area contributed by atoms with Gasteiger partial charge in [0.15, 0.2) is 29.8 Å². The van der Waals surface area contributed by atoms with Gasteiger partial charge in [0.05, 0.1) is 30.4 Å². The quantitative estimate of drug-likeness (QED) is 0.154. The van der Waals surface area contributed by atoms with E-state index in [0.29, 0.717) is 33.0 Å². The molecule has 0 saturated carbocycles. The van der Waals surface area contributed by atoms with Crippen LogP contribution in [0.25, 0.3) is 0 Å². The number of halogens is 1. The highest BCUT2D eigenvalue weighted by Crippen LogP contribution is 2.55. The van der Waals surface area contributed by atoms with E-state index in [-0.39, 0.29) is 48.6 Å². The van der Waals surface area contributed by atoms with Crippen LogP contribution in [0.2, 0.25) is 23.4 Å². The van der Waals surface area contributed by atoms with Gasteiger partial charge in [-0.2, -0.15) is 0 Å². The van der Waals surface area contributed by atoms with Gasteiger partial charge >= 0.3 is 6.92 Å². The lowest BCUT2D eigenvalue weighted by atomic mass is 9.63. The summed E-state index contributed by atoms with van der Waals surface area (Å²) in [6.07, 6.45) is -1.46. The molecule has 0 unspecified atom stereocenters. The van der Waals surface area contributed by atoms with E-state index < -0.39 is 32.0 Å². The van der Waals surface area contributed by atoms with Gasteiger partial charge in [-0.15, -0.1) is 0 Å². The van der Waals surface area contributed by atoms with E-state index in [1.807, 2.05) is 19.8 Å². The van der Waals surface area contributed by atoms with Gasteiger partial charge in [0, 0.05) is 24.1 Å². The maximum atomic E-state index is 12.9. The van der Waals surface area contributed by atoms with Crippen LogP contribution < -0.4 is 29.1 Å². The van der Waals surface area contributed by atoms with Gasteiger partial charge in [0.1, 0.15) is 6.10 Å². The Bertz CT molecular complexity index is 1380. The number of benzene rings is 2. The van der Waals surface area contributed by atoms with Gasteiger partial charge in [-0.1, -0.05) is 55.3 Å². The van der Waals surface area contributed by atoms with Gasteiger partial charge in [-0.05, 0) is 57.2 Å². The number of aliphatic hydroxyl groups is 1. The molecule has 2 aromatic rings. The summed E-state index contributed by atoms with van der Waals surface area (Å²) in [7, 11) is 1.91. The molecule has 4 atom stereocenters. The first-order valence-corrected chi connectivity index (χ1v) is 18.8. The number of phenolic OH excluding ortho intramolecular Hbond substituents is 1. The Balaban J connectivity index is 1.92. The highest BCUT2D eigenvalue weighted by Gasteiger charge is 2.54. The van der Waals surface area contributed by atoms with Gasteiger partial charge in [0.2, 0.25) is 26.6 Å². The summed E-state index contributed by atoms with van der Waals surface area (Å²) >= 11 is 3.63. The minimum atomic E-state index is -2.63. The molecule has 2 aliphatic heterocycles. The van der Waals surface area contributed by atoms with Crippen molar-refractivity contribution in [3.05, 3.63) is 27.7 Å². The third-order valence-electron chi connectivity index (χ3n) is 9.90. The average molecular weight is 726 g/mol. The monoisotopic (exact) mass is 724 g/mol. The summed E-state index contributed by atoms with van der Waals surface area (Å²) in [4.78, 5) is 0. The van der Waals surface area contributed by atoms with Crippen LogP contribution in [0.1, 0.15) is 78.7 Å². The van der Waals surface area contributed by atoms with Crippen molar-refractivity contribution in [2.24, 2.45) is 5.92 Å². The Labute approximate surface area is 283 Å². The first-order chi connectivity index (χ1) is 21.6. The fourth-order valence-corrected chi connectivity index (χ4v) is 13.6. The van der Waals surface area contributed by atoms with Crippen molar-refractivity contribution >= 4 is 36.6 Å². The fraction of sp³-hybridized carbons (Fsp3) is 0.636. The summed E-state index contributed by atoms with van der Waals surface area (Å²) in [5.41, 5.74) is 1.33. The molecule has 0 saturated heterocycles. The Morgan fingerprint density at radius 3 is 2.17 bits per heavy atom. The van der Waals surface area contributed by atoms with E-state index in [1.165, 1.54) is 14.2 Å². The maximum absolute atomic E-state index is 12.9. The van der Waals surface area contributed by atoms with Crippen LogP contribution in [0, 0.1) is 5.92 Å². The van der Waals surface area contributed by atoms with Gasteiger partial charge in [0.25, 0.3) is 0 Å². The van der Waals surface area contributed by atoms with Crippen molar-refractivity contribution in [3.63, 3.8) is 0 Å². The highest BCUT2D eigenvalue weighted by atomic mass is 79.9. The lowest BCUT2D eigenvalue weighted by Gasteiger charge is -2.50. The van der Waals surface area contributed by atoms with E-state index in [1.54, 1.807) is 20.1 Å². The molecule has 0 aliphatic carbocycles. The molecular weight excluding hydrogens is 675 g/mol. The molecule has 0 fully saturated rings. The zero-order valence-corrected chi connectivity index (χ0v) is 31.7. The summed E-state index contributed by atoms with van der Waals surface area (Å²) in [5, 5.41) is 24.2. The molecule has 256 valence electrons. The van der Waals surface area contributed by atoms with Crippen LogP contribution in [-0.4, -0.2) is 66.0 Å². The molecular formula is C33H50BBrO10Si. The predicted molar refractivity (Wildman–Crippen MR) is 184 cm³/mol. The first-order valence-electron chi connectivity index (χ1n) is 15.9. The van der Waals surface area contributed by atoms with E-state index in [9.17, 15) is 10.2 Å². The normalized spacial score (nSPS) is 18.6. The van der Waals surface area contributed by atoms with E-state index in [2.05, 4.69) is 57.5 Å². The Kier molecular flexibility index (Phi) is 11.3. The smallest absolute Gasteiger partial charge is 0.328 e. The number of fused-ring (bicyclic) bond motifs is 2. The number of phenols is 1. The summed E-state index contributed by atoms with van der Waals surface area (Å²) in [6, 6.07) is 3.69. The number of hydrogen-bond donors (Lipinski definition) is 2. The Morgan fingerprint density at radius 2 is 1.63 bits per heavy atom. The van der Waals surface area contributed by atoms with Crippen molar-refractivity contribution in [1.82, 2.24) is 0 Å². The molecule has 46 heavy (non-hydrogen) atoms. The Morgan fingerprint density at radius 1 is 1.00 bits per heavy atom. The van der Waals surface area contributed by atoms with Crippen LogP contribution >= 0.6 is 15.9 Å². The average Bonchev–Trinajstić information content (AvgIpc) is 3.60. The second-order valence-corrected chi connectivity index (χ2v) is 19.6. The molecule has 2 aromatic carbocycles. The third-order valence-corrected chi connectivity index (χ3v) is 16.8. The molecule has 13 heteroatoms. The SMILES string of the molecule is COCOc1c2c(cc3c1B(C)O[C@@H]3[C@H](C)[C@](C)(O)[C@H](O[Si](C(C)C)(C(C)C)C(C)C)c1cc(OC)c(OC)c(O)c1Br)OCO2. The fourth-order valence-electron chi connectivity index (χ4n) is 7.53. The molecule has 10 nitrogen and oxygen atoms in total. The minimum Gasteiger partial charge on any atom is -0.503 e. The van der Waals surface area contributed by atoms with Crippen LogP contribution in [0.15, 0.2) is 16.6 Å². The van der Waals surface area contributed by atoms with E-state index >= 15 is 0 Å². The molecule has 4 rings (SSSR count). The molecule has 0 spiro atoms. The first kappa shape index (κ1) is 36.7. The predicted octanol–water partition coefficient (Wildman–Crippen LogP) is 7.10. The van der Waals surface area contributed by atoms with Crippen LogP contribution in [-0.2, 0) is 13.8 Å². The number of methoxy groups -OCH3 is 3. The maximum Gasteiger partial charge on any atom is 0.328 e. The number of rotatable bonds is 14. The lowest BCUT2D eigenvalue weighted by Crippen LogP contribution is -2.54. The summed E-state index contributed by atoms with van der Waals surface area (Å²) < 4.78 is 48.4. The zero-order chi connectivity index (χ0) is 34.3. The van der Waals surface area contributed by atoms with E-state index in [0.717, 1.165) is 11.0 Å². The van der Waals surface area contributed by atoms with Crippen molar-refractivity contribution < 1.29 is 47.7 Å². The summed E-state index contributed by atoms with van der Waals surface area (Å²) in [6.45, 7) is 18.6. The zero-order valence-electron chi connectivity index (χ0n) is 29.1. The van der Waals surface area contributed by atoms with Gasteiger partial charge in [-0.3, -0.25) is 0 Å². The van der Waals surface area contributed by atoms with E-state index in [4.69, 9.17) is 37.5 Å². The topological polar surface area (TPSA) is 114 Å². The number of aromatic hydroxyl groups is 1. The molecule has 0 aromatic heterocycles. The van der Waals surface area contributed by atoms with Crippen molar-refractivity contribution in [3.8, 4) is 34.5 Å². The molecule has 2 heterocycles. The summed E-state index contributed by atoms with van der Waals surface area (Å²) in [5.74, 6) is 1.42. The van der Waals surface area contributed by atoms with Crippen molar-refractivity contribution in [2.75, 3.05) is 34.9 Å². The molecule has 2 aliphatic rings. The van der Waals surface area contributed by atoms with Gasteiger partial charge < -0.3 is 47.7 Å². The second kappa shape index (κ2) is 14.1. The molecule has 0 radical (unpaired) electrons. The minimum absolute atomic E-state index is 0.0238. The van der Waals surface area contributed by atoms with Crippen molar-refractivity contribution in [1.29, 1.82) is 0 Å². The standard InChI is InChI=1S/C33H50BBrO10Si/c1-17(2)46(18(3)4,19(5)6)45-32(22-14-23(39-11)29(40-12)27(36)26(22)35)33(8,37)20(7)28-21-13-24-30(43-16-41-24)31(42-15-38-10)25(21)34(9)44-28/h13-14,17-20,28,32,36-37H,15-16H2,1-12H3/t20-,28+,32+,33-/m0/s1. The highest BCUT2D eigenvalue weighted by molar-refractivity contribution is 9.10. The second-order valence-electron chi connectivity index (χ2n) is 13.4. The largest absolute Gasteiger partial charge is 0.503 e. The molecule has 0 bridgehead atoms. The molecule has 0 amide bonds. The lowest BCUT2D eigenvalue weighted by molar-refractivity contribution is -0.119. The van der Waals surface area contributed by atoms with Crippen molar-refractivity contribution in [2.45, 2.75) is 96.6 Å². The number of ether oxygens (including phenoxy) is 6. The number of hydrogen-bond acceptors (Lipinski definition) is 10. The van der Waals surface area contributed by atoms with Gasteiger partial charge in [-0.25, -0.2) is 0 Å². The third kappa shape index (κ3) is 6.11.